The van der Waals surface area contributed by atoms with Crippen molar-refractivity contribution in [3.8, 4) is 11.8 Å². The molecule has 5 heteroatoms. The Kier molecular flexibility index (Phi) is 4.52. The van der Waals surface area contributed by atoms with E-state index in [4.69, 9.17) is 9.47 Å². The molecule has 0 aliphatic carbocycles. The highest BCUT2D eigenvalue weighted by Crippen LogP contribution is 2.38. The molecule has 1 aliphatic rings. The Morgan fingerprint density at radius 1 is 1.18 bits per heavy atom. The lowest BCUT2D eigenvalue weighted by Crippen LogP contribution is -2.28. The minimum atomic E-state index is -0.440. The average Bonchev–Trinajstić information content (AvgIpc) is 2.53. The lowest BCUT2D eigenvalue weighted by atomic mass is 9.81. The van der Waals surface area contributed by atoms with Crippen LogP contribution in [0.15, 0.2) is 46.8 Å². The van der Waals surface area contributed by atoms with Crippen LogP contribution in [0.5, 0.6) is 5.75 Å². The Morgan fingerprint density at radius 2 is 1.82 bits per heavy atom. The summed E-state index contributed by atoms with van der Waals surface area (Å²) in [6, 6.07) is 9.54. The summed E-state index contributed by atoms with van der Waals surface area (Å²) in [7, 11) is 2.93. The van der Waals surface area contributed by atoms with Gasteiger partial charge in [-0.2, -0.15) is 5.26 Å². The van der Waals surface area contributed by atoms with E-state index in [1.807, 2.05) is 31.2 Å². The molecule has 0 radical (unpaired) electrons. The quantitative estimate of drug-likeness (QED) is 0.869. The summed E-state index contributed by atoms with van der Waals surface area (Å²) in [4.78, 5) is 12.2. The fourth-order valence-corrected chi connectivity index (χ4v) is 2.65. The molecule has 0 bridgehead atoms. The smallest absolute Gasteiger partial charge is 0.336 e. The molecule has 2 rings (SSSR count). The molecule has 1 atom stereocenters. The molecule has 1 aromatic carbocycles. The molecule has 0 amide bonds. The number of rotatable bonds is 3. The minimum Gasteiger partial charge on any atom is -0.497 e. The minimum absolute atomic E-state index is 0.439. The van der Waals surface area contributed by atoms with Crippen molar-refractivity contribution in [1.29, 1.82) is 5.26 Å². The van der Waals surface area contributed by atoms with Crippen LogP contribution in [0.25, 0.3) is 0 Å². The van der Waals surface area contributed by atoms with Gasteiger partial charge in [-0.05, 0) is 31.5 Å². The number of nitriles is 1. The Morgan fingerprint density at radius 3 is 2.32 bits per heavy atom. The molecule has 0 saturated carbocycles. The molecule has 1 N–H and O–H groups in total. The van der Waals surface area contributed by atoms with E-state index in [1.54, 1.807) is 14.0 Å². The molecule has 0 spiro atoms. The zero-order chi connectivity index (χ0) is 16.3. The molecule has 114 valence electrons. The normalized spacial score (nSPS) is 17.7. The molecule has 22 heavy (non-hydrogen) atoms. The molecule has 0 saturated heterocycles. The average molecular weight is 298 g/mol. The lowest BCUT2D eigenvalue weighted by Gasteiger charge is -2.28. The topological polar surface area (TPSA) is 71.3 Å². The van der Waals surface area contributed by atoms with Crippen molar-refractivity contribution in [2.75, 3.05) is 14.2 Å². The zero-order valence-corrected chi connectivity index (χ0v) is 13.1. The lowest BCUT2D eigenvalue weighted by molar-refractivity contribution is -0.136. The molecule has 1 unspecified atom stereocenters. The van der Waals surface area contributed by atoms with Gasteiger partial charge in [0.2, 0.25) is 0 Å². The fourth-order valence-electron chi connectivity index (χ4n) is 2.65. The first-order valence-corrected chi connectivity index (χ1v) is 6.84. The second kappa shape index (κ2) is 6.35. The third-order valence-electron chi connectivity index (χ3n) is 3.74. The Hall–Kier alpha value is -2.74. The molecular formula is C17H18N2O3. The van der Waals surface area contributed by atoms with Crippen LogP contribution < -0.4 is 10.1 Å². The Labute approximate surface area is 129 Å². The van der Waals surface area contributed by atoms with Gasteiger partial charge in [-0.25, -0.2) is 4.79 Å². The van der Waals surface area contributed by atoms with Gasteiger partial charge in [-0.15, -0.1) is 0 Å². The molecule has 5 nitrogen and oxygen atoms in total. The zero-order valence-electron chi connectivity index (χ0n) is 13.1. The molecular weight excluding hydrogens is 280 g/mol. The highest BCUT2D eigenvalue weighted by Gasteiger charge is 2.33. The number of hydrogen-bond acceptors (Lipinski definition) is 5. The first-order valence-electron chi connectivity index (χ1n) is 6.84. The van der Waals surface area contributed by atoms with Crippen molar-refractivity contribution in [3.05, 3.63) is 52.4 Å². The van der Waals surface area contributed by atoms with Crippen molar-refractivity contribution in [2.24, 2.45) is 0 Å². The SMILES string of the molecule is COC(=O)C1=C(C)NC(C)=C(C#N)C1c1ccc(OC)cc1. The van der Waals surface area contributed by atoms with E-state index in [0.717, 1.165) is 17.0 Å². The van der Waals surface area contributed by atoms with E-state index < -0.39 is 11.9 Å². The van der Waals surface area contributed by atoms with Crippen LogP contribution >= 0.6 is 0 Å². The van der Waals surface area contributed by atoms with E-state index in [2.05, 4.69) is 11.4 Å². The summed E-state index contributed by atoms with van der Waals surface area (Å²) >= 11 is 0. The number of carbonyl (C=O) groups is 1. The number of methoxy groups -OCH3 is 2. The Bertz CT molecular complexity index is 694. The summed E-state index contributed by atoms with van der Waals surface area (Å²) in [5, 5.41) is 12.6. The first kappa shape index (κ1) is 15.6. The molecule has 1 aliphatic heterocycles. The third-order valence-corrected chi connectivity index (χ3v) is 3.74. The van der Waals surface area contributed by atoms with Crippen LogP contribution in [-0.4, -0.2) is 20.2 Å². The van der Waals surface area contributed by atoms with Gasteiger partial charge >= 0.3 is 5.97 Å². The van der Waals surface area contributed by atoms with Gasteiger partial charge in [-0.1, -0.05) is 12.1 Å². The monoisotopic (exact) mass is 298 g/mol. The standard InChI is InChI=1S/C17H18N2O3/c1-10-14(9-18)16(12-5-7-13(21-3)8-6-12)15(11(2)19-10)17(20)22-4/h5-8,16,19H,1-4H3. The van der Waals surface area contributed by atoms with Crippen molar-refractivity contribution < 1.29 is 14.3 Å². The summed E-state index contributed by atoms with van der Waals surface area (Å²) in [6.07, 6.45) is 0. The number of ether oxygens (including phenoxy) is 2. The van der Waals surface area contributed by atoms with Gasteiger partial charge in [0.25, 0.3) is 0 Å². The van der Waals surface area contributed by atoms with Crippen LogP contribution in [0.3, 0.4) is 0 Å². The highest BCUT2D eigenvalue weighted by atomic mass is 16.5. The maximum Gasteiger partial charge on any atom is 0.336 e. The molecule has 1 heterocycles. The van der Waals surface area contributed by atoms with Crippen LogP contribution in [0.4, 0.5) is 0 Å². The van der Waals surface area contributed by atoms with Crippen molar-refractivity contribution >= 4 is 5.97 Å². The van der Waals surface area contributed by atoms with Gasteiger partial charge in [-0.3, -0.25) is 0 Å². The molecule has 0 aromatic heterocycles. The Balaban J connectivity index is 2.59. The summed E-state index contributed by atoms with van der Waals surface area (Å²) in [5.41, 5.74) is 3.25. The van der Waals surface area contributed by atoms with Gasteiger partial charge in [0, 0.05) is 11.4 Å². The van der Waals surface area contributed by atoms with Crippen LogP contribution in [-0.2, 0) is 9.53 Å². The number of esters is 1. The van der Waals surface area contributed by atoms with E-state index in [1.165, 1.54) is 7.11 Å². The highest BCUT2D eigenvalue weighted by molar-refractivity contribution is 5.93. The predicted octanol–water partition coefficient (Wildman–Crippen LogP) is 2.63. The summed E-state index contributed by atoms with van der Waals surface area (Å²) < 4.78 is 10.0. The fraction of sp³-hybridized carbons (Fsp3) is 0.294. The maximum atomic E-state index is 12.2. The van der Waals surface area contributed by atoms with Gasteiger partial charge < -0.3 is 14.8 Å². The second-order valence-corrected chi connectivity index (χ2v) is 5.01. The summed E-state index contributed by atoms with van der Waals surface area (Å²) in [5.74, 6) is -0.159. The van der Waals surface area contributed by atoms with Gasteiger partial charge in [0.1, 0.15) is 5.75 Å². The second-order valence-electron chi connectivity index (χ2n) is 5.01. The van der Waals surface area contributed by atoms with Crippen LogP contribution in [0.2, 0.25) is 0 Å². The number of benzene rings is 1. The first-order chi connectivity index (χ1) is 10.5. The van der Waals surface area contributed by atoms with Crippen molar-refractivity contribution in [2.45, 2.75) is 19.8 Å². The summed E-state index contributed by atoms with van der Waals surface area (Å²) in [6.45, 7) is 3.63. The van der Waals surface area contributed by atoms with Crippen LogP contribution in [0.1, 0.15) is 25.3 Å². The maximum absolute atomic E-state index is 12.2. The third kappa shape index (κ3) is 2.68. The number of dihydropyridines is 1. The number of hydrogen-bond donors (Lipinski definition) is 1. The largest absolute Gasteiger partial charge is 0.497 e. The molecule has 1 aromatic rings. The number of allylic oxidation sites excluding steroid dienone is 3. The van der Waals surface area contributed by atoms with Crippen molar-refractivity contribution in [1.82, 2.24) is 5.32 Å². The number of nitrogens with zero attached hydrogens (tertiary/aromatic N) is 1. The van der Waals surface area contributed by atoms with E-state index in [0.29, 0.717) is 16.8 Å². The molecule has 0 fully saturated rings. The van der Waals surface area contributed by atoms with Crippen LogP contribution in [0, 0.1) is 11.3 Å². The van der Waals surface area contributed by atoms with Gasteiger partial charge in [0.15, 0.2) is 0 Å². The number of carbonyl (C=O) groups excluding carboxylic acids is 1. The van der Waals surface area contributed by atoms with E-state index >= 15 is 0 Å². The van der Waals surface area contributed by atoms with Gasteiger partial charge in [0.05, 0.1) is 37.4 Å². The van der Waals surface area contributed by atoms with E-state index in [-0.39, 0.29) is 0 Å². The van der Waals surface area contributed by atoms with E-state index in [9.17, 15) is 10.1 Å². The number of nitrogens with one attached hydrogen (secondary N) is 1. The predicted molar refractivity (Wildman–Crippen MR) is 81.9 cm³/mol. The van der Waals surface area contributed by atoms with Crippen molar-refractivity contribution in [3.63, 3.8) is 0 Å².